The fraction of sp³-hybridized carbons (Fsp3) is 0.333. The van der Waals surface area contributed by atoms with Gasteiger partial charge in [0.05, 0.1) is 18.0 Å². The van der Waals surface area contributed by atoms with Crippen molar-refractivity contribution in [3.8, 4) is 11.4 Å². The van der Waals surface area contributed by atoms with Crippen LogP contribution in [0.4, 0.5) is 0 Å². The Kier molecular flexibility index (Phi) is 6.87. The van der Waals surface area contributed by atoms with Crippen molar-refractivity contribution in [1.82, 2.24) is 25.5 Å². The van der Waals surface area contributed by atoms with Gasteiger partial charge in [0, 0.05) is 6.54 Å². The van der Waals surface area contributed by atoms with Gasteiger partial charge in [-0.1, -0.05) is 36.0 Å². The number of amides is 1. The second kappa shape index (κ2) is 9.56. The van der Waals surface area contributed by atoms with Crippen LogP contribution in [0.3, 0.4) is 0 Å². The summed E-state index contributed by atoms with van der Waals surface area (Å²) < 4.78 is 6.85. The van der Waals surface area contributed by atoms with E-state index in [-0.39, 0.29) is 11.2 Å². The third-order valence-corrected chi connectivity index (χ3v) is 5.59. The Bertz CT molecular complexity index is 971. The first kappa shape index (κ1) is 20.9. The molecule has 1 atom stereocenters. The van der Waals surface area contributed by atoms with Crippen molar-refractivity contribution in [3.05, 3.63) is 59.2 Å². The lowest BCUT2D eigenvalue weighted by atomic mass is 10.1. The molecule has 152 valence electrons. The molecule has 29 heavy (non-hydrogen) atoms. The summed E-state index contributed by atoms with van der Waals surface area (Å²) in [5, 5.41) is 15.3. The predicted octanol–water partition coefficient (Wildman–Crippen LogP) is 3.13. The molecule has 1 amide bonds. The molecule has 3 rings (SSSR count). The zero-order valence-electron chi connectivity index (χ0n) is 17.0. The smallest absolute Gasteiger partial charge is 0.233 e. The lowest BCUT2D eigenvalue weighted by Gasteiger charge is -2.13. The summed E-state index contributed by atoms with van der Waals surface area (Å²) in [7, 11) is 1.64. The van der Waals surface area contributed by atoms with Crippen LogP contribution in [0.1, 0.15) is 23.6 Å². The number of aromatic nitrogens is 4. The first-order valence-electron chi connectivity index (χ1n) is 9.41. The van der Waals surface area contributed by atoms with Crippen molar-refractivity contribution in [2.75, 3.05) is 13.7 Å². The monoisotopic (exact) mass is 411 g/mol. The quantitative estimate of drug-likeness (QED) is 0.574. The number of nitrogens with one attached hydrogen (secondary N) is 1. The summed E-state index contributed by atoms with van der Waals surface area (Å²) in [5.41, 5.74) is 4.26. The van der Waals surface area contributed by atoms with Crippen molar-refractivity contribution >= 4 is 17.7 Å². The molecule has 1 heterocycles. The number of ether oxygens (including phenoxy) is 1. The SMILES string of the molecule is COc1ccc(CCNC(=O)[C@@H](C)Sc2nnnn2-c2cc(C)ccc2C)cc1. The first-order valence-corrected chi connectivity index (χ1v) is 10.3. The van der Waals surface area contributed by atoms with Crippen molar-refractivity contribution in [1.29, 1.82) is 0 Å². The molecule has 2 aromatic carbocycles. The predicted molar refractivity (Wildman–Crippen MR) is 114 cm³/mol. The lowest BCUT2D eigenvalue weighted by molar-refractivity contribution is -0.120. The van der Waals surface area contributed by atoms with Gasteiger partial charge < -0.3 is 10.1 Å². The molecule has 0 aliphatic rings. The molecule has 7 nitrogen and oxygen atoms in total. The van der Waals surface area contributed by atoms with Crippen LogP contribution >= 0.6 is 11.8 Å². The van der Waals surface area contributed by atoms with Crippen molar-refractivity contribution in [3.63, 3.8) is 0 Å². The maximum Gasteiger partial charge on any atom is 0.233 e. The molecule has 0 aliphatic heterocycles. The number of nitrogens with zero attached hydrogens (tertiary/aromatic N) is 4. The number of methoxy groups -OCH3 is 1. The Hall–Kier alpha value is -2.87. The minimum absolute atomic E-state index is 0.0426. The average molecular weight is 412 g/mol. The average Bonchev–Trinajstić information content (AvgIpc) is 3.18. The summed E-state index contributed by atoms with van der Waals surface area (Å²) >= 11 is 1.34. The third-order valence-electron chi connectivity index (χ3n) is 4.56. The van der Waals surface area contributed by atoms with E-state index in [1.165, 1.54) is 11.8 Å². The highest BCUT2D eigenvalue weighted by molar-refractivity contribution is 8.00. The number of aryl methyl sites for hydroxylation is 2. The zero-order chi connectivity index (χ0) is 20.8. The van der Waals surface area contributed by atoms with E-state index in [9.17, 15) is 4.79 Å². The number of carbonyl (C=O) groups excluding carboxylic acids is 1. The Morgan fingerprint density at radius 1 is 1.21 bits per heavy atom. The number of hydrogen-bond acceptors (Lipinski definition) is 6. The van der Waals surface area contributed by atoms with E-state index in [4.69, 9.17) is 4.74 Å². The van der Waals surface area contributed by atoms with Gasteiger partial charge in [-0.2, -0.15) is 4.68 Å². The van der Waals surface area contributed by atoms with Crippen LogP contribution in [-0.2, 0) is 11.2 Å². The molecule has 1 N–H and O–H groups in total. The highest BCUT2D eigenvalue weighted by Gasteiger charge is 2.19. The Labute approximate surface area is 174 Å². The van der Waals surface area contributed by atoms with Crippen molar-refractivity contribution in [2.24, 2.45) is 0 Å². The number of carbonyl (C=O) groups is 1. The van der Waals surface area contributed by atoms with Crippen LogP contribution in [0.2, 0.25) is 0 Å². The molecule has 0 fully saturated rings. The van der Waals surface area contributed by atoms with Crippen LogP contribution in [-0.4, -0.2) is 45.0 Å². The van der Waals surface area contributed by atoms with Gasteiger partial charge in [0.1, 0.15) is 5.75 Å². The summed E-state index contributed by atoms with van der Waals surface area (Å²) in [6.45, 7) is 6.46. The Morgan fingerprint density at radius 3 is 2.69 bits per heavy atom. The van der Waals surface area contributed by atoms with E-state index >= 15 is 0 Å². The third kappa shape index (κ3) is 5.35. The molecule has 3 aromatic rings. The molecule has 8 heteroatoms. The minimum atomic E-state index is -0.319. The molecule has 0 saturated heterocycles. The maximum atomic E-state index is 12.5. The number of benzene rings is 2. The van der Waals surface area contributed by atoms with Gasteiger partial charge in [-0.3, -0.25) is 4.79 Å². The largest absolute Gasteiger partial charge is 0.497 e. The summed E-state index contributed by atoms with van der Waals surface area (Å²) in [6, 6.07) is 14.0. The van der Waals surface area contributed by atoms with E-state index in [2.05, 4.69) is 26.9 Å². The summed E-state index contributed by atoms with van der Waals surface area (Å²) in [6.07, 6.45) is 0.757. The molecule has 0 saturated carbocycles. The number of rotatable bonds is 8. The van der Waals surface area contributed by atoms with E-state index in [1.807, 2.05) is 57.2 Å². The second-order valence-corrected chi connectivity index (χ2v) is 8.12. The van der Waals surface area contributed by atoms with Crippen LogP contribution in [0.15, 0.2) is 47.6 Å². The van der Waals surface area contributed by atoms with Crippen LogP contribution in [0.5, 0.6) is 5.75 Å². The first-order chi connectivity index (χ1) is 14.0. The standard InChI is InChI=1S/C21H25N5O2S/c1-14-5-6-15(2)19(13-14)26-21(23-24-25-26)29-16(3)20(27)22-12-11-17-7-9-18(28-4)10-8-17/h5-10,13,16H,11-12H2,1-4H3,(H,22,27)/t16-/m1/s1. The molecule has 0 radical (unpaired) electrons. The van der Waals surface area contributed by atoms with Gasteiger partial charge in [0.15, 0.2) is 0 Å². The number of hydrogen-bond donors (Lipinski definition) is 1. The van der Waals surface area contributed by atoms with Gasteiger partial charge in [0.25, 0.3) is 0 Å². The van der Waals surface area contributed by atoms with Gasteiger partial charge in [-0.15, -0.1) is 5.10 Å². The molecular weight excluding hydrogens is 386 g/mol. The number of tetrazole rings is 1. The minimum Gasteiger partial charge on any atom is -0.497 e. The van der Waals surface area contributed by atoms with Crippen LogP contribution in [0.25, 0.3) is 5.69 Å². The Morgan fingerprint density at radius 2 is 1.97 bits per heavy atom. The van der Waals surface area contributed by atoms with Crippen LogP contribution in [0, 0.1) is 13.8 Å². The molecule has 0 unspecified atom stereocenters. The van der Waals surface area contributed by atoms with Gasteiger partial charge in [-0.05, 0) is 72.5 Å². The molecular formula is C21H25N5O2S. The van der Waals surface area contributed by atoms with Crippen molar-refractivity contribution < 1.29 is 9.53 Å². The fourth-order valence-electron chi connectivity index (χ4n) is 2.83. The van der Waals surface area contributed by atoms with E-state index in [0.717, 1.165) is 34.5 Å². The van der Waals surface area contributed by atoms with E-state index in [1.54, 1.807) is 11.8 Å². The van der Waals surface area contributed by atoms with Gasteiger partial charge in [-0.25, -0.2) is 0 Å². The second-order valence-electron chi connectivity index (χ2n) is 6.81. The topological polar surface area (TPSA) is 81.9 Å². The summed E-state index contributed by atoms with van der Waals surface area (Å²) in [4.78, 5) is 12.5. The normalized spacial score (nSPS) is 11.9. The molecule has 0 spiro atoms. The lowest BCUT2D eigenvalue weighted by Crippen LogP contribution is -2.32. The van der Waals surface area contributed by atoms with E-state index < -0.39 is 0 Å². The fourth-order valence-corrected chi connectivity index (χ4v) is 3.65. The Balaban J connectivity index is 1.57. The van der Waals surface area contributed by atoms with Gasteiger partial charge in [0.2, 0.25) is 11.1 Å². The van der Waals surface area contributed by atoms with Gasteiger partial charge >= 0.3 is 0 Å². The number of thioether (sulfide) groups is 1. The molecule has 0 aliphatic carbocycles. The van der Waals surface area contributed by atoms with E-state index in [0.29, 0.717) is 11.7 Å². The molecule has 0 bridgehead atoms. The van der Waals surface area contributed by atoms with Crippen LogP contribution < -0.4 is 10.1 Å². The zero-order valence-corrected chi connectivity index (χ0v) is 17.9. The molecule has 1 aromatic heterocycles. The van der Waals surface area contributed by atoms with Crippen molar-refractivity contribution in [2.45, 2.75) is 37.6 Å². The summed E-state index contributed by atoms with van der Waals surface area (Å²) in [5.74, 6) is 0.781. The highest BCUT2D eigenvalue weighted by atomic mass is 32.2. The maximum absolute atomic E-state index is 12.5. The highest BCUT2D eigenvalue weighted by Crippen LogP contribution is 2.25.